The first kappa shape index (κ1) is 24.0. The van der Waals surface area contributed by atoms with Crippen LogP contribution in [0.3, 0.4) is 0 Å². The van der Waals surface area contributed by atoms with Crippen LogP contribution in [0.1, 0.15) is 32.6 Å². The number of rotatable bonds is 9. The molecule has 0 aromatic rings. The van der Waals surface area contributed by atoms with Crippen LogP contribution in [-0.2, 0) is 9.13 Å². The Labute approximate surface area is 156 Å². The van der Waals surface area contributed by atoms with Gasteiger partial charge in [0.1, 0.15) is 0 Å². The largest absolute Gasteiger partial charge is 2.00 e. The van der Waals surface area contributed by atoms with Crippen LogP contribution in [-0.4, -0.2) is 90.5 Å². The van der Waals surface area contributed by atoms with Gasteiger partial charge in [-0.05, 0) is 20.0 Å². The molecule has 116 valence electrons. The molecule has 0 aromatic heterocycles. The van der Waals surface area contributed by atoms with Gasteiger partial charge in [0.15, 0.2) is 20.3 Å². The zero-order valence-corrected chi connectivity index (χ0v) is 17.0. The molecule has 0 aliphatic rings. The van der Waals surface area contributed by atoms with Crippen molar-refractivity contribution in [2.75, 3.05) is 20.1 Å². The second-order valence-electron chi connectivity index (χ2n) is 4.58. The Morgan fingerprint density at radius 1 is 1.10 bits per heavy atom. The summed E-state index contributed by atoms with van der Waals surface area (Å²) in [7, 11) is -9.67. The van der Waals surface area contributed by atoms with Crippen LogP contribution in [0, 0.1) is 0 Å². The van der Waals surface area contributed by atoms with Crippen molar-refractivity contribution in [3.05, 3.63) is 0 Å². The van der Waals surface area contributed by atoms with Crippen molar-refractivity contribution in [1.82, 2.24) is 4.90 Å². The van der Waals surface area contributed by atoms with E-state index < -0.39 is 26.7 Å². The number of nitrogens with zero attached hydrogens (tertiary/aromatic N) is 1. The third-order valence-corrected chi connectivity index (χ3v) is 6.65. The standard InChI is InChI=1S/C9H23NO7P2.Sr/c1-3-4-5-7-10(2)8-6-9(11,18(12,13)14)19(15,16)17;/h11H,3-8H2,1-2H3,(H2,12,13,14)(H2,15,16,17);/q;+2/p-2. The fraction of sp³-hybridized carbons (Fsp3) is 1.00. The zero-order valence-electron chi connectivity index (χ0n) is 11.8. The van der Waals surface area contributed by atoms with Crippen molar-refractivity contribution in [2.24, 2.45) is 0 Å². The van der Waals surface area contributed by atoms with Crippen LogP contribution >= 0.6 is 15.2 Å². The van der Waals surface area contributed by atoms with Gasteiger partial charge in [-0.3, -0.25) is 0 Å². The predicted octanol–water partition coefficient (Wildman–Crippen LogP) is -1.14. The summed E-state index contributed by atoms with van der Waals surface area (Å²) in [6, 6.07) is 0. The SMILES string of the molecule is CCCCCN(C)CCC(O)(P(=O)([O-])O)P(=O)([O-])O.[Sr+2]. The van der Waals surface area contributed by atoms with Gasteiger partial charge in [0.05, 0.1) is 0 Å². The van der Waals surface area contributed by atoms with Gasteiger partial charge in [0.25, 0.3) is 0 Å². The third kappa shape index (κ3) is 7.31. The summed E-state index contributed by atoms with van der Waals surface area (Å²) in [5.74, 6) is 0. The van der Waals surface area contributed by atoms with Gasteiger partial charge in [-0.25, -0.2) is 0 Å². The van der Waals surface area contributed by atoms with Crippen molar-refractivity contribution < 1.29 is 33.8 Å². The van der Waals surface area contributed by atoms with Crippen LogP contribution in [0.25, 0.3) is 0 Å². The summed E-state index contributed by atoms with van der Waals surface area (Å²) < 4.78 is 21.9. The van der Waals surface area contributed by atoms with Crippen molar-refractivity contribution in [3.63, 3.8) is 0 Å². The second kappa shape index (κ2) is 9.75. The Kier molecular flexibility index (Phi) is 11.7. The maximum absolute atomic E-state index is 11.0. The first-order valence-electron chi connectivity index (χ1n) is 5.94. The minimum Gasteiger partial charge on any atom is -0.776 e. The van der Waals surface area contributed by atoms with E-state index in [9.17, 15) is 24.0 Å². The van der Waals surface area contributed by atoms with Crippen molar-refractivity contribution >= 4 is 60.7 Å². The molecule has 0 heterocycles. The van der Waals surface area contributed by atoms with Crippen LogP contribution in [0.15, 0.2) is 0 Å². The average Bonchev–Trinajstić information content (AvgIpc) is 2.23. The van der Waals surface area contributed by atoms with E-state index in [1.807, 2.05) is 6.92 Å². The number of hydrogen-bond donors (Lipinski definition) is 3. The quantitative estimate of drug-likeness (QED) is 0.248. The number of aliphatic hydroxyl groups is 1. The van der Waals surface area contributed by atoms with Crippen LogP contribution < -0.4 is 9.79 Å². The Balaban J connectivity index is 0. The number of unbranched alkanes of at least 4 members (excludes halogenated alkanes) is 2. The van der Waals surface area contributed by atoms with Crippen molar-refractivity contribution in [3.8, 4) is 0 Å². The molecule has 11 heteroatoms. The summed E-state index contributed by atoms with van der Waals surface area (Å²) >= 11 is 0. The molecule has 0 aromatic carbocycles. The van der Waals surface area contributed by atoms with E-state index in [4.69, 9.17) is 9.79 Å². The van der Waals surface area contributed by atoms with Gasteiger partial charge in [-0.2, -0.15) is 0 Å². The van der Waals surface area contributed by atoms with Gasteiger partial charge in [0.2, 0.25) is 0 Å². The molecule has 3 N–H and O–H groups in total. The van der Waals surface area contributed by atoms with Gasteiger partial charge in [-0.15, -0.1) is 0 Å². The minimum absolute atomic E-state index is 0. The van der Waals surface area contributed by atoms with E-state index in [1.54, 1.807) is 11.9 Å². The Morgan fingerprint density at radius 2 is 1.55 bits per heavy atom. The summed E-state index contributed by atoms with van der Waals surface area (Å²) in [6.45, 7) is 2.50. The molecule has 0 amide bonds. The molecule has 20 heavy (non-hydrogen) atoms. The van der Waals surface area contributed by atoms with Crippen LogP contribution in [0.4, 0.5) is 0 Å². The molecule has 0 radical (unpaired) electrons. The Hall–Kier alpha value is 1.70. The third-order valence-electron chi connectivity index (χ3n) is 2.88. The number of hydrogen-bond acceptors (Lipinski definition) is 6. The first-order chi connectivity index (χ1) is 8.45. The molecule has 0 saturated heterocycles. The maximum atomic E-state index is 11.0. The van der Waals surface area contributed by atoms with Gasteiger partial charge < -0.3 is 38.7 Å². The summed E-state index contributed by atoms with van der Waals surface area (Å²) in [6.07, 6.45) is 1.99. The normalized spacial score (nSPS) is 20.6. The smallest absolute Gasteiger partial charge is 0.776 e. The second-order valence-corrected chi connectivity index (χ2v) is 8.49. The average molecular weight is 405 g/mol. The Morgan fingerprint density at radius 3 is 1.90 bits per heavy atom. The van der Waals surface area contributed by atoms with E-state index in [2.05, 4.69) is 0 Å². The van der Waals surface area contributed by atoms with Gasteiger partial charge in [0, 0.05) is 13.0 Å². The fourth-order valence-corrected chi connectivity index (χ4v) is 3.57. The molecule has 8 nitrogen and oxygen atoms in total. The van der Waals surface area contributed by atoms with E-state index in [0.29, 0.717) is 6.54 Å². The van der Waals surface area contributed by atoms with Gasteiger partial charge >= 0.3 is 45.5 Å². The minimum atomic E-state index is -5.64. The first-order valence-corrected chi connectivity index (χ1v) is 9.10. The fourth-order valence-electron chi connectivity index (χ4n) is 1.53. The Bertz CT molecular complexity index is 347. The predicted molar refractivity (Wildman–Crippen MR) is 72.0 cm³/mol. The van der Waals surface area contributed by atoms with Crippen molar-refractivity contribution in [2.45, 2.75) is 37.7 Å². The van der Waals surface area contributed by atoms with E-state index in [1.165, 1.54) is 0 Å². The van der Waals surface area contributed by atoms with E-state index in [-0.39, 0.29) is 52.0 Å². The summed E-state index contributed by atoms with van der Waals surface area (Å²) in [5, 5.41) is 6.00. The topological polar surface area (TPSA) is 144 Å². The van der Waals surface area contributed by atoms with Gasteiger partial charge in [-0.1, -0.05) is 19.8 Å². The van der Waals surface area contributed by atoms with Crippen LogP contribution in [0.2, 0.25) is 0 Å². The molecule has 0 aliphatic heterocycles. The van der Waals surface area contributed by atoms with E-state index >= 15 is 0 Å². The maximum Gasteiger partial charge on any atom is 2.00 e. The molecular weight excluding hydrogens is 384 g/mol. The zero-order chi connectivity index (χ0) is 15.3. The molecule has 0 bridgehead atoms. The molecular formula is C9H21NO7P2Sr. The van der Waals surface area contributed by atoms with Crippen molar-refractivity contribution in [1.29, 1.82) is 0 Å². The molecule has 0 rings (SSSR count). The monoisotopic (exact) mass is 405 g/mol. The molecule has 2 atom stereocenters. The molecule has 0 spiro atoms. The molecule has 2 unspecified atom stereocenters. The van der Waals surface area contributed by atoms with Crippen LogP contribution in [0.5, 0.6) is 0 Å². The molecule has 0 fully saturated rings. The van der Waals surface area contributed by atoms with E-state index in [0.717, 1.165) is 19.3 Å². The summed E-state index contributed by atoms with van der Waals surface area (Å²) in [4.78, 5) is 41.1. The summed E-state index contributed by atoms with van der Waals surface area (Å²) in [5.41, 5.74) is 0. The molecule has 0 saturated carbocycles. The molecule has 0 aliphatic carbocycles.